The zero-order valence-corrected chi connectivity index (χ0v) is 37.7. The summed E-state index contributed by atoms with van der Waals surface area (Å²) in [5.74, 6) is 1.55. The number of hydrogen-bond donors (Lipinski definition) is 0. The van der Waals surface area contributed by atoms with Crippen molar-refractivity contribution in [3.8, 4) is 0 Å². The lowest BCUT2D eigenvalue weighted by Gasteiger charge is -2.18. The zero-order valence-electron chi connectivity index (χ0n) is 37.7. The smallest absolute Gasteiger partial charge is 0.306 e. The normalized spacial score (nSPS) is 12.2. The van der Waals surface area contributed by atoms with E-state index in [1.807, 2.05) is 0 Å². The maximum atomic E-state index is 12.7. The standard InChI is InChI=1S/C49H94O6/c1-43(2)35-29-23-17-12-10-8-7-9-11-13-20-26-32-38-47(50)53-41-46(55-49(52)40-34-28-22-16-19-25-31-37-45(5)6)42-54-48(51)39-33-27-21-15-14-18-24-30-36-44(3)4/h43-46H,7-42H2,1-6H3/t46-/m1/s1. The molecule has 0 amide bonds. The van der Waals surface area contributed by atoms with Gasteiger partial charge in [-0.15, -0.1) is 0 Å². The van der Waals surface area contributed by atoms with E-state index < -0.39 is 6.10 Å². The van der Waals surface area contributed by atoms with E-state index in [1.54, 1.807) is 0 Å². The van der Waals surface area contributed by atoms with Gasteiger partial charge >= 0.3 is 17.9 Å². The highest BCUT2D eigenvalue weighted by molar-refractivity contribution is 5.71. The average Bonchev–Trinajstić information content (AvgIpc) is 3.13. The Balaban J connectivity index is 4.28. The van der Waals surface area contributed by atoms with Crippen LogP contribution in [0.1, 0.15) is 260 Å². The van der Waals surface area contributed by atoms with E-state index in [-0.39, 0.29) is 31.1 Å². The van der Waals surface area contributed by atoms with Crippen LogP contribution in [-0.2, 0) is 28.6 Å². The third kappa shape index (κ3) is 43.4. The topological polar surface area (TPSA) is 78.9 Å². The molecule has 0 spiro atoms. The summed E-state index contributed by atoms with van der Waals surface area (Å²) in [4.78, 5) is 37.8. The molecular weight excluding hydrogens is 685 g/mol. The van der Waals surface area contributed by atoms with Gasteiger partial charge in [0.2, 0.25) is 0 Å². The molecule has 0 radical (unpaired) electrons. The minimum atomic E-state index is -0.762. The molecule has 0 saturated carbocycles. The Morgan fingerprint density at radius 2 is 0.527 bits per heavy atom. The number of rotatable bonds is 42. The van der Waals surface area contributed by atoms with Crippen molar-refractivity contribution in [1.29, 1.82) is 0 Å². The van der Waals surface area contributed by atoms with E-state index in [0.717, 1.165) is 75.5 Å². The maximum Gasteiger partial charge on any atom is 0.306 e. The molecule has 0 rings (SSSR count). The number of carbonyl (C=O) groups is 3. The molecular formula is C49H94O6. The molecule has 0 heterocycles. The zero-order chi connectivity index (χ0) is 40.6. The Morgan fingerprint density at radius 3 is 0.782 bits per heavy atom. The van der Waals surface area contributed by atoms with Crippen molar-refractivity contribution in [3.63, 3.8) is 0 Å². The van der Waals surface area contributed by atoms with Crippen molar-refractivity contribution >= 4 is 17.9 Å². The lowest BCUT2D eigenvalue weighted by molar-refractivity contribution is -0.167. The quantitative estimate of drug-likeness (QED) is 0.0349. The average molecular weight is 779 g/mol. The van der Waals surface area contributed by atoms with E-state index in [4.69, 9.17) is 14.2 Å². The van der Waals surface area contributed by atoms with Gasteiger partial charge in [0.05, 0.1) is 0 Å². The summed E-state index contributed by atoms with van der Waals surface area (Å²) in [6, 6.07) is 0. The molecule has 0 unspecified atom stereocenters. The first kappa shape index (κ1) is 53.4. The summed E-state index contributed by atoms with van der Waals surface area (Å²) in [6.07, 6.45) is 38.2. The highest BCUT2D eigenvalue weighted by Gasteiger charge is 2.19. The molecule has 0 N–H and O–H groups in total. The van der Waals surface area contributed by atoms with Gasteiger partial charge in [0, 0.05) is 19.3 Å². The lowest BCUT2D eigenvalue weighted by Crippen LogP contribution is -2.30. The van der Waals surface area contributed by atoms with Crippen LogP contribution in [0.15, 0.2) is 0 Å². The van der Waals surface area contributed by atoms with Crippen LogP contribution in [0.3, 0.4) is 0 Å². The van der Waals surface area contributed by atoms with Crippen LogP contribution in [0.25, 0.3) is 0 Å². The molecule has 1 atom stereocenters. The van der Waals surface area contributed by atoms with Crippen LogP contribution in [0.5, 0.6) is 0 Å². The first-order valence-electron chi connectivity index (χ1n) is 24.1. The molecule has 0 aromatic rings. The van der Waals surface area contributed by atoms with Gasteiger partial charge in [-0.25, -0.2) is 0 Å². The van der Waals surface area contributed by atoms with Gasteiger partial charge < -0.3 is 14.2 Å². The fraction of sp³-hybridized carbons (Fsp3) is 0.939. The highest BCUT2D eigenvalue weighted by atomic mass is 16.6. The third-order valence-electron chi connectivity index (χ3n) is 10.9. The van der Waals surface area contributed by atoms with E-state index in [0.29, 0.717) is 19.3 Å². The fourth-order valence-electron chi connectivity index (χ4n) is 7.23. The Kier molecular flexibility index (Phi) is 39.4. The largest absolute Gasteiger partial charge is 0.462 e. The summed E-state index contributed by atoms with van der Waals surface area (Å²) in [7, 11) is 0. The second-order valence-electron chi connectivity index (χ2n) is 18.2. The molecule has 0 aliphatic heterocycles. The predicted octanol–water partition coefficient (Wildman–Crippen LogP) is 15.2. The lowest BCUT2D eigenvalue weighted by atomic mass is 10.0. The van der Waals surface area contributed by atoms with Gasteiger partial charge in [0.25, 0.3) is 0 Å². The molecule has 326 valence electrons. The number of esters is 3. The Morgan fingerprint density at radius 1 is 0.309 bits per heavy atom. The Labute approximate surface area is 342 Å². The molecule has 0 bridgehead atoms. The van der Waals surface area contributed by atoms with Crippen LogP contribution < -0.4 is 0 Å². The second-order valence-corrected chi connectivity index (χ2v) is 18.2. The van der Waals surface area contributed by atoms with Gasteiger partial charge in [-0.05, 0) is 37.0 Å². The SMILES string of the molecule is CC(C)CCCCCCCCCCCCCCCC(=O)OC[C@H](COC(=O)CCCCCCCCCCC(C)C)OC(=O)CCCCCCCCCC(C)C. The Bertz CT molecular complexity index is 852. The number of ether oxygens (including phenoxy) is 3. The molecule has 0 saturated heterocycles. The molecule has 0 aromatic heterocycles. The number of hydrogen-bond acceptors (Lipinski definition) is 6. The van der Waals surface area contributed by atoms with Crippen molar-refractivity contribution in [2.75, 3.05) is 13.2 Å². The molecule has 55 heavy (non-hydrogen) atoms. The molecule has 0 aliphatic rings. The predicted molar refractivity (Wildman–Crippen MR) is 233 cm³/mol. The van der Waals surface area contributed by atoms with Crippen molar-refractivity contribution in [2.45, 2.75) is 266 Å². The van der Waals surface area contributed by atoms with Crippen molar-refractivity contribution in [2.24, 2.45) is 17.8 Å². The Hall–Kier alpha value is -1.59. The molecule has 6 nitrogen and oxygen atoms in total. The van der Waals surface area contributed by atoms with Crippen molar-refractivity contribution in [1.82, 2.24) is 0 Å². The molecule has 0 aromatic carbocycles. The second kappa shape index (κ2) is 40.6. The van der Waals surface area contributed by atoms with Crippen LogP contribution in [0.2, 0.25) is 0 Å². The van der Waals surface area contributed by atoms with Crippen molar-refractivity contribution in [3.05, 3.63) is 0 Å². The highest BCUT2D eigenvalue weighted by Crippen LogP contribution is 2.17. The monoisotopic (exact) mass is 779 g/mol. The van der Waals surface area contributed by atoms with Crippen LogP contribution in [0, 0.1) is 17.8 Å². The number of unbranched alkanes of at least 4 members (excludes halogenated alkanes) is 25. The summed E-state index contributed by atoms with van der Waals surface area (Å²) < 4.78 is 16.7. The maximum absolute atomic E-state index is 12.7. The summed E-state index contributed by atoms with van der Waals surface area (Å²) in [5, 5.41) is 0. The number of carbonyl (C=O) groups excluding carboxylic acids is 3. The third-order valence-corrected chi connectivity index (χ3v) is 10.9. The van der Waals surface area contributed by atoms with Gasteiger partial charge in [0.15, 0.2) is 6.10 Å². The summed E-state index contributed by atoms with van der Waals surface area (Å²) >= 11 is 0. The fourth-order valence-corrected chi connectivity index (χ4v) is 7.23. The first-order valence-corrected chi connectivity index (χ1v) is 24.1. The van der Waals surface area contributed by atoms with E-state index in [9.17, 15) is 14.4 Å². The van der Waals surface area contributed by atoms with Crippen LogP contribution in [0.4, 0.5) is 0 Å². The first-order chi connectivity index (χ1) is 26.6. The van der Waals surface area contributed by atoms with Crippen LogP contribution in [-0.4, -0.2) is 37.2 Å². The molecule has 0 aliphatic carbocycles. The van der Waals surface area contributed by atoms with E-state index in [2.05, 4.69) is 41.5 Å². The molecule has 6 heteroatoms. The van der Waals surface area contributed by atoms with Gasteiger partial charge in [-0.1, -0.05) is 221 Å². The van der Waals surface area contributed by atoms with E-state index >= 15 is 0 Å². The van der Waals surface area contributed by atoms with Gasteiger partial charge in [0.1, 0.15) is 13.2 Å². The van der Waals surface area contributed by atoms with Crippen LogP contribution >= 0.6 is 0 Å². The summed E-state index contributed by atoms with van der Waals surface area (Å²) in [5.41, 5.74) is 0. The van der Waals surface area contributed by atoms with Crippen molar-refractivity contribution < 1.29 is 28.6 Å². The van der Waals surface area contributed by atoms with E-state index in [1.165, 1.54) is 141 Å². The minimum Gasteiger partial charge on any atom is -0.462 e. The minimum absolute atomic E-state index is 0.0661. The molecule has 0 fully saturated rings. The summed E-state index contributed by atoms with van der Waals surface area (Å²) in [6.45, 7) is 13.6. The van der Waals surface area contributed by atoms with Gasteiger partial charge in [-0.2, -0.15) is 0 Å². The van der Waals surface area contributed by atoms with Gasteiger partial charge in [-0.3, -0.25) is 14.4 Å².